The van der Waals surface area contributed by atoms with Gasteiger partial charge in [0.15, 0.2) is 5.52 Å². The van der Waals surface area contributed by atoms with Gasteiger partial charge in [0.05, 0.1) is 13.2 Å². The fourth-order valence-electron chi connectivity index (χ4n) is 4.05. The standard InChI is InChI=1S/C24H22ClFN6O2/c1-13-10-15(6-7-27-13)19-12-32(8-9-34-19)24-29-20(17-5-4-16(25)11-18(17)26)21-22(30-24)23(33)31(3)14(2)28-21/h4-7,10-11,19H,8-9,12H2,1-3H3/t19-/m0/s1. The molecule has 0 spiro atoms. The van der Waals surface area contributed by atoms with E-state index < -0.39 is 5.82 Å². The minimum absolute atomic E-state index is 0.130. The van der Waals surface area contributed by atoms with Crippen LogP contribution in [0.25, 0.3) is 22.3 Å². The van der Waals surface area contributed by atoms with E-state index in [9.17, 15) is 9.18 Å². The molecule has 0 aliphatic carbocycles. The molecule has 4 aromatic rings. The second-order valence-corrected chi connectivity index (χ2v) is 8.69. The summed E-state index contributed by atoms with van der Waals surface area (Å²) >= 11 is 5.96. The Labute approximate surface area is 200 Å². The van der Waals surface area contributed by atoms with E-state index >= 15 is 0 Å². The number of hydrogen-bond acceptors (Lipinski definition) is 7. The van der Waals surface area contributed by atoms with Crippen molar-refractivity contribution in [3.05, 3.63) is 74.8 Å². The summed E-state index contributed by atoms with van der Waals surface area (Å²) in [6, 6.07) is 8.23. The molecule has 0 N–H and O–H groups in total. The Morgan fingerprint density at radius 2 is 1.94 bits per heavy atom. The zero-order valence-electron chi connectivity index (χ0n) is 18.9. The molecular weight excluding hydrogens is 459 g/mol. The van der Waals surface area contributed by atoms with Crippen LogP contribution in [0.2, 0.25) is 5.02 Å². The van der Waals surface area contributed by atoms with Crippen LogP contribution in [-0.4, -0.2) is 44.2 Å². The summed E-state index contributed by atoms with van der Waals surface area (Å²) in [7, 11) is 1.63. The van der Waals surface area contributed by atoms with E-state index in [-0.39, 0.29) is 39.0 Å². The number of aryl methyl sites for hydroxylation is 2. The van der Waals surface area contributed by atoms with Gasteiger partial charge in [0.2, 0.25) is 5.95 Å². The number of aromatic nitrogens is 5. The maximum absolute atomic E-state index is 14.9. The van der Waals surface area contributed by atoms with Gasteiger partial charge in [0.25, 0.3) is 5.56 Å². The van der Waals surface area contributed by atoms with Crippen LogP contribution in [-0.2, 0) is 11.8 Å². The molecule has 1 fully saturated rings. The Kier molecular flexibility index (Phi) is 5.75. The topological polar surface area (TPSA) is 86.0 Å². The number of fused-ring (bicyclic) bond motifs is 1. The minimum atomic E-state index is -0.550. The summed E-state index contributed by atoms with van der Waals surface area (Å²) in [4.78, 5) is 33.1. The Morgan fingerprint density at radius 3 is 2.71 bits per heavy atom. The fourth-order valence-corrected chi connectivity index (χ4v) is 4.21. The minimum Gasteiger partial charge on any atom is -0.370 e. The highest BCUT2D eigenvalue weighted by Crippen LogP contribution is 2.31. The lowest BCUT2D eigenvalue weighted by atomic mass is 10.1. The third-order valence-electron chi connectivity index (χ3n) is 5.97. The predicted octanol–water partition coefficient (Wildman–Crippen LogP) is 3.77. The van der Waals surface area contributed by atoms with Crippen molar-refractivity contribution in [3.8, 4) is 11.3 Å². The summed E-state index contributed by atoms with van der Waals surface area (Å²) in [5.41, 5.74) is 2.40. The van der Waals surface area contributed by atoms with Crippen LogP contribution < -0.4 is 10.5 Å². The molecule has 0 amide bonds. The number of nitrogens with zero attached hydrogens (tertiary/aromatic N) is 6. The lowest BCUT2D eigenvalue weighted by Crippen LogP contribution is -2.39. The lowest BCUT2D eigenvalue weighted by Gasteiger charge is -2.33. The monoisotopic (exact) mass is 480 g/mol. The smallest absolute Gasteiger partial charge is 0.279 e. The molecule has 34 heavy (non-hydrogen) atoms. The molecule has 10 heteroatoms. The Hall–Kier alpha value is -3.43. The van der Waals surface area contributed by atoms with E-state index in [1.807, 2.05) is 24.0 Å². The van der Waals surface area contributed by atoms with E-state index in [1.54, 1.807) is 32.3 Å². The van der Waals surface area contributed by atoms with Gasteiger partial charge < -0.3 is 9.64 Å². The van der Waals surface area contributed by atoms with Gasteiger partial charge in [0.1, 0.15) is 29.0 Å². The maximum atomic E-state index is 14.9. The van der Waals surface area contributed by atoms with Crippen molar-refractivity contribution in [2.24, 2.45) is 7.05 Å². The SMILES string of the molecule is Cc1cc([C@@H]2CN(c3nc(-c4ccc(Cl)cc4F)c4nc(C)n(C)c(=O)c4n3)CCO2)ccn1. The normalized spacial score (nSPS) is 16.3. The van der Waals surface area contributed by atoms with Crippen LogP contribution >= 0.6 is 11.6 Å². The number of morpholine rings is 1. The summed E-state index contributed by atoms with van der Waals surface area (Å²) < 4.78 is 22.3. The number of halogens is 2. The molecule has 1 aliphatic rings. The first-order valence-electron chi connectivity index (χ1n) is 10.8. The van der Waals surface area contributed by atoms with Crippen LogP contribution in [0, 0.1) is 19.7 Å². The van der Waals surface area contributed by atoms with Crippen molar-refractivity contribution < 1.29 is 9.13 Å². The Bertz CT molecular complexity index is 1470. The average molecular weight is 481 g/mol. The molecule has 5 rings (SSSR count). The molecule has 0 bridgehead atoms. The zero-order chi connectivity index (χ0) is 24.0. The van der Waals surface area contributed by atoms with Gasteiger partial charge in [-0.2, -0.15) is 0 Å². The number of anilines is 1. The molecule has 0 radical (unpaired) electrons. The van der Waals surface area contributed by atoms with Crippen molar-refractivity contribution in [3.63, 3.8) is 0 Å². The molecule has 3 aromatic heterocycles. The van der Waals surface area contributed by atoms with Gasteiger partial charge in [-0.25, -0.2) is 19.3 Å². The third-order valence-corrected chi connectivity index (χ3v) is 6.20. The number of benzene rings is 1. The predicted molar refractivity (Wildman–Crippen MR) is 128 cm³/mol. The summed E-state index contributed by atoms with van der Waals surface area (Å²) in [5, 5.41) is 0.267. The van der Waals surface area contributed by atoms with Crippen molar-refractivity contribution in [1.29, 1.82) is 0 Å². The highest BCUT2D eigenvalue weighted by Gasteiger charge is 2.27. The quantitative estimate of drug-likeness (QED) is 0.441. The summed E-state index contributed by atoms with van der Waals surface area (Å²) in [6.07, 6.45) is 1.53. The largest absolute Gasteiger partial charge is 0.370 e. The molecule has 1 atom stereocenters. The number of rotatable bonds is 3. The van der Waals surface area contributed by atoms with Gasteiger partial charge in [-0.15, -0.1) is 0 Å². The first kappa shape index (κ1) is 22.4. The number of hydrogen-bond donors (Lipinski definition) is 0. The van der Waals surface area contributed by atoms with Gasteiger partial charge >= 0.3 is 0 Å². The van der Waals surface area contributed by atoms with Gasteiger partial charge in [-0.3, -0.25) is 14.3 Å². The van der Waals surface area contributed by atoms with Gasteiger partial charge in [0, 0.05) is 36.1 Å². The van der Waals surface area contributed by atoms with E-state index in [4.69, 9.17) is 21.3 Å². The molecule has 1 aromatic carbocycles. The molecule has 0 unspecified atom stereocenters. The van der Waals surface area contributed by atoms with E-state index in [1.165, 1.54) is 10.6 Å². The van der Waals surface area contributed by atoms with Crippen LogP contribution in [0.3, 0.4) is 0 Å². The first-order chi connectivity index (χ1) is 16.3. The molecule has 174 valence electrons. The van der Waals surface area contributed by atoms with Crippen molar-refractivity contribution >= 4 is 28.6 Å². The first-order valence-corrected chi connectivity index (χ1v) is 11.2. The number of pyridine rings is 1. The summed E-state index contributed by atoms with van der Waals surface area (Å²) in [5.74, 6) is 0.244. The molecule has 1 aliphatic heterocycles. The Morgan fingerprint density at radius 1 is 1.12 bits per heavy atom. The van der Waals surface area contributed by atoms with Gasteiger partial charge in [-0.1, -0.05) is 11.6 Å². The van der Waals surface area contributed by atoms with Crippen molar-refractivity contribution in [1.82, 2.24) is 24.5 Å². The van der Waals surface area contributed by atoms with Gasteiger partial charge in [-0.05, 0) is 49.7 Å². The second kappa shape index (κ2) is 8.73. The average Bonchev–Trinajstić information content (AvgIpc) is 2.82. The third kappa shape index (κ3) is 4.01. The summed E-state index contributed by atoms with van der Waals surface area (Å²) in [6.45, 7) is 5.07. The van der Waals surface area contributed by atoms with E-state index in [2.05, 4.69) is 15.0 Å². The highest BCUT2D eigenvalue weighted by atomic mass is 35.5. The van der Waals surface area contributed by atoms with Crippen LogP contribution in [0.1, 0.15) is 23.2 Å². The molecule has 1 saturated heterocycles. The van der Waals surface area contributed by atoms with Crippen molar-refractivity contribution in [2.75, 3.05) is 24.6 Å². The maximum Gasteiger partial charge on any atom is 0.279 e. The lowest BCUT2D eigenvalue weighted by molar-refractivity contribution is 0.0391. The zero-order valence-corrected chi connectivity index (χ0v) is 19.7. The molecule has 8 nitrogen and oxygen atoms in total. The highest BCUT2D eigenvalue weighted by molar-refractivity contribution is 6.30. The molecule has 4 heterocycles. The van der Waals surface area contributed by atoms with Crippen LogP contribution in [0.15, 0.2) is 41.3 Å². The van der Waals surface area contributed by atoms with E-state index in [0.717, 1.165) is 11.3 Å². The molecule has 0 saturated carbocycles. The number of ether oxygens (including phenoxy) is 1. The molecular formula is C24H22ClFN6O2. The Balaban J connectivity index is 1.66. The fraction of sp³-hybridized carbons (Fsp3) is 0.292. The van der Waals surface area contributed by atoms with Crippen LogP contribution in [0.5, 0.6) is 0 Å². The van der Waals surface area contributed by atoms with Crippen LogP contribution in [0.4, 0.5) is 10.3 Å². The second-order valence-electron chi connectivity index (χ2n) is 8.25. The van der Waals surface area contributed by atoms with Crippen molar-refractivity contribution in [2.45, 2.75) is 20.0 Å². The van der Waals surface area contributed by atoms with E-state index in [0.29, 0.717) is 31.5 Å².